The van der Waals surface area contributed by atoms with Crippen molar-refractivity contribution < 1.29 is 0 Å². The van der Waals surface area contributed by atoms with E-state index in [2.05, 4.69) is 13.8 Å². The maximum Gasteiger partial charge on any atom is 0.0908 e. The molecular weight excluding hydrogens is 170 g/mol. The van der Waals surface area contributed by atoms with Crippen LogP contribution < -0.4 is 0 Å². The highest BCUT2D eigenvalue weighted by Gasteiger charge is 1.96. The van der Waals surface area contributed by atoms with Gasteiger partial charge in [0.1, 0.15) is 0 Å². The van der Waals surface area contributed by atoms with Crippen molar-refractivity contribution in [3.8, 4) is 6.07 Å². The summed E-state index contributed by atoms with van der Waals surface area (Å²) in [6.07, 6.45) is 13.0. The van der Waals surface area contributed by atoms with Gasteiger partial charge in [0, 0.05) is 6.08 Å². The Morgan fingerprint density at radius 1 is 1.14 bits per heavy atom. The fourth-order valence-corrected chi connectivity index (χ4v) is 1.55. The van der Waals surface area contributed by atoms with Gasteiger partial charge in [0.15, 0.2) is 0 Å². The normalized spacial score (nSPS) is 12.9. The van der Waals surface area contributed by atoms with Crippen molar-refractivity contribution in [1.82, 2.24) is 0 Å². The number of nitriles is 1. The number of unbranched alkanes of at least 4 members (excludes halogenated alkanes) is 5. The van der Waals surface area contributed by atoms with Crippen LogP contribution in [0.2, 0.25) is 0 Å². The fraction of sp³-hybridized carbons (Fsp3) is 0.769. The standard InChI is InChI=1S/C13H23N/c1-3-4-5-6-7-8-10-13(2)11-9-12-14/h9,11,13H,3-8,10H2,1-2H3/b11-9-. The van der Waals surface area contributed by atoms with Gasteiger partial charge in [0.2, 0.25) is 0 Å². The molecule has 1 nitrogen and oxygen atoms in total. The Bertz CT molecular complexity index is 176. The summed E-state index contributed by atoms with van der Waals surface area (Å²) in [6, 6.07) is 2.04. The van der Waals surface area contributed by atoms with Crippen molar-refractivity contribution in [3.05, 3.63) is 12.2 Å². The van der Waals surface area contributed by atoms with Gasteiger partial charge in [-0.1, -0.05) is 58.4 Å². The summed E-state index contributed by atoms with van der Waals surface area (Å²) in [7, 11) is 0. The molecule has 0 bridgehead atoms. The highest BCUT2D eigenvalue weighted by Crippen LogP contribution is 2.12. The molecule has 1 atom stereocenters. The highest BCUT2D eigenvalue weighted by molar-refractivity contribution is 5.03. The minimum absolute atomic E-state index is 0.570. The van der Waals surface area contributed by atoms with Crippen LogP contribution in [0.3, 0.4) is 0 Å². The molecule has 0 aliphatic heterocycles. The topological polar surface area (TPSA) is 23.8 Å². The first-order valence-electron chi connectivity index (χ1n) is 5.87. The largest absolute Gasteiger partial charge is 0.193 e. The lowest BCUT2D eigenvalue weighted by atomic mass is 10.0. The molecule has 0 aromatic heterocycles. The number of allylic oxidation sites excluding steroid dienone is 2. The van der Waals surface area contributed by atoms with Gasteiger partial charge >= 0.3 is 0 Å². The van der Waals surface area contributed by atoms with Gasteiger partial charge in [-0.25, -0.2) is 0 Å². The van der Waals surface area contributed by atoms with E-state index in [-0.39, 0.29) is 0 Å². The molecule has 0 aromatic carbocycles. The Kier molecular flexibility index (Phi) is 9.74. The summed E-state index contributed by atoms with van der Waals surface area (Å²) in [5.41, 5.74) is 0. The molecule has 0 saturated heterocycles. The van der Waals surface area contributed by atoms with Crippen LogP contribution in [0.1, 0.15) is 58.8 Å². The summed E-state index contributed by atoms with van der Waals surface area (Å²) in [4.78, 5) is 0. The monoisotopic (exact) mass is 193 g/mol. The van der Waals surface area contributed by atoms with E-state index in [0.717, 1.165) is 0 Å². The first kappa shape index (κ1) is 13.2. The van der Waals surface area contributed by atoms with E-state index in [4.69, 9.17) is 5.26 Å². The van der Waals surface area contributed by atoms with Crippen molar-refractivity contribution in [2.24, 2.45) is 5.92 Å². The molecule has 1 unspecified atom stereocenters. The number of rotatable bonds is 8. The van der Waals surface area contributed by atoms with Gasteiger partial charge in [-0.2, -0.15) is 5.26 Å². The molecule has 0 aliphatic rings. The Labute approximate surface area is 88.8 Å². The highest BCUT2D eigenvalue weighted by atomic mass is 14.2. The first-order valence-corrected chi connectivity index (χ1v) is 5.87. The second-order valence-electron chi connectivity index (χ2n) is 4.02. The van der Waals surface area contributed by atoms with Crippen LogP contribution in [0.4, 0.5) is 0 Å². The number of hydrogen-bond donors (Lipinski definition) is 0. The van der Waals surface area contributed by atoms with Crippen LogP contribution in [-0.2, 0) is 0 Å². The maximum absolute atomic E-state index is 8.35. The SMILES string of the molecule is CCCCCCCCC(C)/C=C\C#N. The summed E-state index contributed by atoms with van der Waals surface area (Å²) >= 11 is 0. The van der Waals surface area contributed by atoms with Crippen molar-refractivity contribution in [2.45, 2.75) is 58.8 Å². The Balaban J connectivity index is 3.19. The molecule has 0 radical (unpaired) electrons. The molecule has 0 rings (SSSR count). The summed E-state index contributed by atoms with van der Waals surface area (Å²) in [5.74, 6) is 0.570. The number of hydrogen-bond acceptors (Lipinski definition) is 1. The Morgan fingerprint density at radius 2 is 1.79 bits per heavy atom. The zero-order chi connectivity index (χ0) is 10.6. The summed E-state index contributed by atoms with van der Waals surface area (Å²) in [5, 5.41) is 8.35. The van der Waals surface area contributed by atoms with Crippen molar-refractivity contribution in [2.75, 3.05) is 0 Å². The van der Waals surface area contributed by atoms with Gasteiger partial charge in [-0.3, -0.25) is 0 Å². The van der Waals surface area contributed by atoms with E-state index in [1.54, 1.807) is 6.08 Å². The van der Waals surface area contributed by atoms with E-state index in [1.165, 1.54) is 44.9 Å². The molecular formula is C13H23N. The van der Waals surface area contributed by atoms with Crippen molar-refractivity contribution in [3.63, 3.8) is 0 Å². The zero-order valence-electron chi connectivity index (χ0n) is 9.63. The van der Waals surface area contributed by atoms with Crippen LogP contribution in [0, 0.1) is 17.2 Å². The minimum atomic E-state index is 0.570. The molecule has 0 heterocycles. The first-order chi connectivity index (χ1) is 6.81. The quantitative estimate of drug-likeness (QED) is 0.412. The third-order valence-electron chi connectivity index (χ3n) is 2.51. The molecule has 14 heavy (non-hydrogen) atoms. The van der Waals surface area contributed by atoms with Crippen LogP contribution in [0.5, 0.6) is 0 Å². The average Bonchev–Trinajstić information content (AvgIpc) is 2.20. The van der Waals surface area contributed by atoms with Gasteiger partial charge < -0.3 is 0 Å². The van der Waals surface area contributed by atoms with E-state index in [9.17, 15) is 0 Å². The average molecular weight is 193 g/mol. The molecule has 0 aromatic rings. The predicted molar refractivity (Wildman–Crippen MR) is 61.9 cm³/mol. The Morgan fingerprint density at radius 3 is 2.43 bits per heavy atom. The van der Waals surface area contributed by atoms with E-state index in [0.29, 0.717) is 5.92 Å². The lowest BCUT2D eigenvalue weighted by Crippen LogP contribution is -1.89. The van der Waals surface area contributed by atoms with Gasteiger partial charge in [-0.15, -0.1) is 0 Å². The lowest BCUT2D eigenvalue weighted by Gasteiger charge is -2.04. The molecule has 0 aliphatic carbocycles. The maximum atomic E-state index is 8.35. The molecule has 80 valence electrons. The van der Waals surface area contributed by atoms with Crippen LogP contribution in [0.15, 0.2) is 12.2 Å². The minimum Gasteiger partial charge on any atom is -0.193 e. The third kappa shape index (κ3) is 9.32. The van der Waals surface area contributed by atoms with Crippen molar-refractivity contribution in [1.29, 1.82) is 5.26 Å². The Hall–Kier alpha value is -0.770. The lowest BCUT2D eigenvalue weighted by molar-refractivity contribution is 0.543. The molecule has 0 saturated carbocycles. The fourth-order valence-electron chi connectivity index (χ4n) is 1.55. The summed E-state index contributed by atoms with van der Waals surface area (Å²) < 4.78 is 0. The van der Waals surface area contributed by atoms with Crippen LogP contribution in [0.25, 0.3) is 0 Å². The second kappa shape index (κ2) is 10.3. The second-order valence-corrected chi connectivity index (χ2v) is 4.02. The van der Waals surface area contributed by atoms with Crippen molar-refractivity contribution >= 4 is 0 Å². The van der Waals surface area contributed by atoms with Crippen LogP contribution >= 0.6 is 0 Å². The third-order valence-corrected chi connectivity index (χ3v) is 2.51. The predicted octanol–water partition coefficient (Wildman–Crippen LogP) is 4.45. The molecule has 0 N–H and O–H groups in total. The van der Waals surface area contributed by atoms with E-state index in [1.807, 2.05) is 12.1 Å². The molecule has 0 spiro atoms. The van der Waals surface area contributed by atoms with Gasteiger partial charge in [0.25, 0.3) is 0 Å². The zero-order valence-corrected chi connectivity index (χ0v) is 9.63. The number of nitrogens with zero attached hydrogens (tertiary/aromatic N) is 1. The summed E-state index contributed by atoms with van der Waals surface area (Å²) in [6.45, 7) is 4.43. The van der Waals surface area contributed by atoms with Gasteiger partial charge in [0.05, 0.1) is 6.07 Å². The smallest absolute Gasteiger partial charge is 0.0908 e. The van der Waals surface area contributed by atoms with Crippen LogP contribution in [-0.4, -0.2) is 0 Å². The molecule has 1 heteroatoms. The van der Waals surface area contributed by atoms with Gasteiger partial charge in [-0.05, 0) is 12.3 Å². The molecule has 0 amide bonds. The van der Waals surface area contributed by atoms with E-state index < -0.39 is 0 Å². The van der Waals surface area contributed by atoms with E-state index >= 15 is 0 Å². The molecule has 0 fully saturated rings.